The maximum Gasteiger partial charge on any atom is 0.338 e. The average Bonchev–Trinajstić information content (AvgIpc) is 2.57. The summed E-state index contributed by atoms with van der Waals surface area (Å²) < 4.78 is 11.2. The summed E-state index contributed by atoms with van der Waals surface area (Å²) in [6, 6.07) is 16.1. The van der Waals surface area contributed by atoms with Gasteiger partial charge in [0.2, 0.25) is 0 Å². The van der Waals surface area contributed by atoms with Crippen molar-refractivity contribution in [2.24, 2.45) is 5.18 Å². The van der Waals surface area contributed by atoms with E-state index >= 15 is 0 Å². The molecule has 5 nitrogen and oxygen atoms in total. The number of esters is 1. The van der Waals surface area contributed by atoms with E-state index in [1.807, 2.05) is 30.3 Å². The Morgan fingerprint density at radius 2 is 1.70 bits per heavy atom. The normalized spacial score (nSPS) is 19.7. The first-order valence-corrected chi connectivity index (χ1v) is 7.54. The van der Waals surface area contributed by atoms with Gasteiger partial charge in [-0.15, -0.1) is 4.91 Å². The number of benzene rings is 2. The summed E-state index contributed by atoms with van der Waals surface area (Å²) in [6.07, 6.45) is 1.46. The number of ether oxygens (including phenoxy) is 2. The molecule has 1 aliphatic carbocycles. The molecular formula is C18H17NO4. The minimum absolute atomic E-state index is 0.104. The first-order valence-electron chi connectivity index (χ1n) is 7.54. The zero-order valence-corrected chi connectivity index (χ0v) is 12.6. The van der Waals surface area contributed by atoms with Crippen LogP contribution in [0.25, 0.3) is 0 Å². The highest BCUT2D eigenvalue weighted by Gasteiger charge is 2.33. The van der Waals surface area contributed by atoms with Gasteiger partial charge < -0.3 is 9.47 Å². The van der Waals surface area contributed by atoms with Gasteiger partial charge in [-0.3, -0.25) is 0 Å². The molecule has 0 unspecified atom stereocenters. The number of nitrogens with zero attached hydrogens (tertiary/aromatic N) is 1. The third-order valence-corrected chi connectivity index (χ3v) is 3.86. The van der Waals surface area contributed by atoms with Gasteiger partial charge in [0.25, 0.3) is 0 Å². The summed E-state index contributed by atoms with van der Waals surface area (Å²) in [5, 5.41) is 2.80. The Hall–Kier alpha value is -2.53. The Kier molecular flexibility index (Phi) is 4.78. The van der Waals surface area contributed by atoms with Crippen LogP contribution in [0, 0.1) is 4.91 Å². The van der Waals surface area contributed by atoms with Gasteiger partial charge in [0.15, 0.2) is 0 Å². The fourth-order valence-electron chi connectivity index (χ4n) is 2.42. The molecule has 1 fully saturated rings. The van der Waals surface area contributed by atoms with Gasteiger partial charge in [0, 0.05) is 12.8 Å². The highest BCUT2D eigenvalue weighted by Crippen LogP contribution is 2.28. The molecule has 0 spiro atoms. The van der Waals surface area contributed by atoms with Crippen molar-refractivity contribution in [3.63, 3.8) is 0 Å². The molecule has 23 heavy (non-hydrogen) atoms. The summed E-state index contributed by atoms with van der Waals surface area (Å²) in [5.74, 6) is -0.381. The highest BCUT2D eigenvalue weighted by molar-refractivity contribution is 5.89. The molecule has 0 amide bonds. The molecule has 0 N–H and O–H groups in total. The lowest BCUT2D eigenvalue weighted by Gasteiger charge is -2.34. The van der Waals surface area contributed by atoms with E-state index in [0.29, 0.717) is 30.7 Å². The second-order valence-electron chi connectivity index (χ2n) is 5.56. The SMILES string of the molecule is O=Nc1ccc(C(=O)O[C@H]2C[C@H](OCc3ccccc3)C2)cc1. The van der Waals surface area contributed by atoms with Crippen molar-refractivity contribution < 1.29 is 14.3 Å². The largest absolute Gasteiger partial charge is 0.459 e. The molecule has 0 aromatic heterocycles. The molecule has 0 bridgehead atoms. The predicted molar refractivity (Wildman–Crippen MR) is 85.4 cm³/mol. The zero-order valence-electron chi connectivity index (χ0n) is 12.6. The van der Waals surface area contributed by atoms with Crippen LogP contribution in [0.3, 0.4) is 0 Å². The highest BCUT2D eigenvalue weighted by atomic mass is 16.6. The second kappa shape index (κ2) is 7.15. The van der Waals surface area contributed by atoms with E-state index in [1.54, 1.807) is 12.1 Å². The molecule has 3 rings (SSSR count). The maximum atomic E-state index is 12.0. The van der Waals surface area contributed by atoms with Crippen LogP contribution in [0.1, 0.15) is 28.8 Å². The van der Waals surface area contributed by atoms with E-state index in [1.165, 1.54) is 12.1 Å². The van der Waals surface area contributed by atoms with Crippen LogP contribution < -0.4 is 0 Å². The maximum absolute atomic E-state index is 12.0. The molecule has 118 valence electrons. The molecule has 0 atom stereocenters. The Bertz CT molecular complexity index is 663. The van der Waals surface area contributed by atoms with Crippen LogP contribution in [-0.2, 0) is 16.1 Å². The molecule has 1 aliphatic rings. The first kappa shape index (κ1) is 15.4. The van der Waals surface area contributed by atoms with Crippen molar-refractivity contribution >= 4 is 11.7 Å². The average molecular weight is 311 g/mol. The number of nitroso groups, excluding NO2 is 1. The van der Waals surface area contributed by atoms with Crippen LogP contribution in [0.15, 0.2) is 59.8 Å². The summed E-state index contributed by atoms with van der Waals surface area (Å²) in [6.45, 7) is 0.576. The van der Waals surface area contributed by atoms with Gasteiger partial charge in [-0.2, -0.15) is 0 Å². The Morgan fingerprint density at radius 3 is 2.35 bits per heavy atom. The Labute approximate surface area is 134 Å². The molecule has 0 aliphatic heterocycles. The third-order valence-electron chi connectivity index (χ3n) is 3.86. The first-order chi connectivity index (χ1) is 11.2. The standard InChI is InChI=1S/C18H17NO4/c20-18(14-6-8-15(19-21)9-7-14)23-17-10-16(11-17)22-12-13-4-2-1-3-5-13/h1-9,16-17H,10-12H2/t16-,17-. The third kappa shape index (κ3) is 4.02. The Balaban J connectivity index is 1.41. The molecule has 1 saturated carbocycles. The number of carbonyl (C=O) groups excluding carboxylic acids is 1. The van der Waals surface area contributed by atoms with E-state index in [4.69, 9.17) is 9.47 Å². The molecule has 0 radical (unpaired) electrons. The molecule has 0 heterocycles. The Morgan fingerprint density at radius 1 is 1.00 bits per heavy atom. The summed E-state index contributed by atoms with van der Waals surface area (Å²) in [7, 11) is 0. The van der Waals surface area contributed by atoms with Crippen molar-refractivity contribution in [1.29, 1.82) is 0 Å². The van der Waals surface area contributed by atoms with Crippen LogP contribution >= 0.6 is 0 Å². The molecule has 2 aromatic carbocycles. The van der Waals surface area contributed by atoms with E-state index in [-0.39, 0.29) is 18.2 Å². The molecular weight excluding hydrogens is 294 g/mol. The van der Waals surface area contributed by atoms with E-state index in [2.05, 4.69) is 5.18 Å². The monoisotopic (exact) mass is 311 g/mol. The summed E-state index contributed by atoms with van der Waals surface area (Å²) in [5.41, 5.74) is 1.85. The van der Waals surface area contributed by atoms with Gasteiger partial charge >= 0.3 is 5.97 Å². The molecule has 2 aromatic rings. The fourth-order valence-corrected chi connectivity index (χ4v) is 2.42. The lowest BCUT2D eigenvalue weighted by Crippen LogP contribution is -2.38. The van der Waals surface area contributed by atoms with Crippen molar-refractivity contribution in [3.05, 3.63) is 70.6 Å². The van der Waals surface area contributed by atoms with Gasteiger partial charge in [-0.05, 0) is 35.0 Å². The van der Waals surface area contributed by atoms with Gasteiger partial charge in [0.1, 0.15) is 11.8 Å². The molecule has 0 saturated heterocycles. The van der Waals surface area contributed by atoms with Gasteiger partial charge in [0.05, 0.1) is 18.3 Å². The summed E-state index contributed by atoms with van der Waals surface area (Å²) in [4.78, 5) is 22.3. The lowest BCUT2D eigenvalue weighted by molar-refractivity contribution is -0.0862. The number of rotatable bonds is 6. The predicted octanol–water partition coefficient (Wildman–Crippen LogP) is 3.99. The zero-order chi connectivity index (χ0) is 16.1. The minimum Gasteiger partial charge on any atom is -0.459 e. The fraction of sp³-hybridized carbons (Fsp3) is 0.278. The smallest absolute Gasteiger partial charge is 0.338 e. The van der Waals surface area contributed by atoms with Crippen LogP contribution in [0.2, 0.25) is 0 Å². The summed E-state index contributed by atoms with van der Waals surface area (Å²) >= 11 is 0. The van der Waals surface area contributed by atoms with Crippen molar-refractivity contribution in [1.82, 2.24) is 0 Å². The quantitative estimate of drug-likeness (QED) is 0.597. The van der Waals surface area contributed by atoms with Crippen molar-refractivity contribution in [3.8, 4) is 0 Å². The van der Waals surface area contributed by atoms with E-state index in [9.17, 15) is 9.70 Å². The second-order valence-corrected chi connectivity index (χ2v) is 5.56. The topological polar surface area (TPSA) is 65.0 Å². The van der Waals surface area contributed by atoms with Gasteiger partial charge in [-0.1, -0.05) is 30.3 Å². The van der Waals surface area contributed by atoms with Crippen LogP contribution in [0.4, 0.5) is 5.69 Å². The lowest BCUT2D eigenvalue weighted by atomic mass is 9.92. The van der Waals surface area contributed by atoms with Crippen molar-refractivity contribution in [2.45, 2.75) is 31.7 Å². The minimum atomic E-state index is -0.381. The van der Waals surface area contributed by atoms with Gasteiger partial charge in [-0.25, -0.2) is 4.79 Å². The number of hydrogen-bond donors (Lipinski definition) is 0. The van der Waals surface area contributed by atoms with E-state index in [0.717, 1.165) is 5.56 Å². The molecule has 5 heteroatoms. The number of hydrogen-bond acceptors (Lipinski definition) is 5. The van der Waals surface area contributed by atoms with Crippen LogP contribution in [-0.4, -0.2) is 18.2 Å². The van der Waals surface area contributed by atoms with E-state index < -0.39 is 0 Å². The van der Waals surface area contributed by atoms with Crippen LogP contribution in [0.5, 0.6) is 0 Å². The number of carbonyl (C=O) groups is 1. The van der Waals surface area contributed by atoms with Crippen molar-refractivity contribution in [2.75, 3.05) is 0 Å².